The van der Waals surface area contributed by atoms with Crippen LogP contribution in [0.4, 0.5) is 4.39 Å². The zero-order valence-corrected chi connectivity index (χ0v) is 19.7. The van der Waals surface area contributed by atoms with Gasteiger partial charge < -0.3 is 0 Å². The Kier molecular flexibility index (Phi) is 9.96. The van der Waals surface area contributed by atoms with Crippen LogP contribution in [0.5, 0.6) is 0 Å². The summed E-state index contributed by atoms with van der Waals surface area (Å²) in [6, 6.07) is 5.62. The number of benzene rings is 1. The summed E-state index contributed by atoms with van der Waals surface area (Å²) < 4.78 is 15.0. The Hall–Kier alpha value is -1.77. The van der Waals surface area contributed by atoms with Crippen LogP contribution in [-0.2, 0) is 6.42 Å². The van der Waals surface area contributed by atoms with E-state index in [2.05, 4.69) is 23.8 Å². The zero-order chi connectivity index (χ0) is 21.9. The van der Waals surface area contributed by atoms with E-state index in [-0.39, 0.29) is 5.82 Å². The molecule has 31 heavy (non-hydrogen) atoms. The molecule has 2 aromatic rings. The van der Waals surface area contributed by atoms with Crippen LogP contribution in [0.25, 0.3) is 11.4 Å². The summed E-state index contributed by atoms with van der Waals surface area (Å²) in [4.78, 5) is 8.94. The summed E-state index contributed by atoms with van der Waals surface area (Å²) in [5.74, 6) is 1.75. The molecule has 0 aliphatic heterocycles. The van der Waals surface area contributed by atoms with Crippen molar-refractivity contribution in [3.63, 3.8) is 0 Å². The van der Waals surface area contributed by atoms with Crippen LogP contribution in [0, 0.1) is 11.7 Å². The smallest absolute Gasteiger partial charge is 0.159 e. The molecule has 3 heteroatoms. The molecule has 1 aliphatic rings. The first kappa shape index (κ1) is 23.9. The van der Waals surface area contributed by atoms with E-state index in [0.717, 1.165) is 54.7 Å². The Labute approximate surface area is 189 Å². The van der Waals surface area contributed by atoms with Crippen molar-refractivity contribution in [1.29, 1.82) is 0 Å². The van der Waals surface area contributed by atoms with Crippen molar-refractivity contribution in [2.45, 2.75) is 110 Å². The van der Waals surface area contributed by atoms with Crippen molar-refractivity contribution in [2.75, 3.05) is 0 Å². The molecular weight excluding hydrogens is 383 g/mol. The number of hydrogen-bond acceptors (Lipinski definition) is 2. The first-order valence-corrected chi connectivity index (χ1v) is 12.8. The third-order valence-electron chi connectivity index (χ3n) is 7.04. The lowest BCUT2D eigenvalue weighted by molar-refractivity contribution is 0.298. The third kappa shape index (κ3) is 7.40. The van der Waals surface area contributed by atoms with Crippen molar-refractivity contribution in [2.24, 2.45) is 5.92 Å². The van der Waals surface area contributed by atoms with Gasteiger partial charge in [0.05, 0.1) is 0 Å². The predicted molar refractivity (Wildman–Crippen MR) is 129 cm³/mol. The maximum absolute atomic E-state index is 15.0. The van der Waals surface area contributed by atoms with E-state index in [1.54, 1.807) is 6.07 Å². The number of halogens is 1. The van der Waals surface area contributed by atoms with Crippen molar-refractivity contribution < 1.29 is 4.39 Å². The van der Waals surface area contributed by atoms with E-state index in [9.17, 15) is 4.39 Å². The molecule has 1 saturated carbocycles. The summed E-state index contributed by atoms with van der Waals surface area (Å²) in [5, 5.41) is 0. The van der Waals surface area contributed by atoms with Gasteiger partial charge in [0.1, 0.15) is 5.82 Å². The van der Waals surface area contributed by atoms with Gasteiger partial charge in [-0.1, -0.05) is 77.3 Å². The minimum Gasteiger partial charge on any atom is -0.236 e. The predicted octanol–water partition coefficient (Wildman–Crippen LogP) is 8.65. The highest BCUT2D eigenvalue weighted by Gasteiger charge is 2.24. The lowest BCUT2D eigenvalue weighted by Gasteiger charge is -2.29. The first-order chi connectivity index (χ1) is 15.2. The Morgan fingerprint density at radius 3 is 2.19 bits per heavy atom. The van der Waals surface area contributed by atoms with Gasteiger partial charge in [0, 0.05) is 18.0 Å². The van der Waals surface area contributed by atoms with E-state index in [4.69, 9.17) is 0 Å². The molecule has 1 aromatic heterocycles. The fourth-order valence-electron chi connectivity index (χ4n) is 4.99. The summed E-state index contributed by atoms with van der Waals surface area (Å²) in [6.07, 6.45) is 21.5. The van der Waals surface area contributed by atoms with Crippen LogP contribution >= 0.6 is 0 Å². The molecule has 0 saturated heterocycles. The van der Waals surface area contributed by atoms with Crippen molar-refractivity contribution in [3.05, 3.63) is 47.5 Å². The molecule has 0 bridgehead atoms. The standard InChI is InChI=1S/C28H41FN2/c1-3-5-7-8-9-10-12-22-13-15-24(16-14-22)26-18-17-25(19-27(26)29)28-30-20-23(21-31-28)11-6-4-2/h17-22,24H,3-16H2,1-2H3. The number of aryl methyl sites for hydroxylation is 1. The van der Waals surface area contributed by atoms with Gasteiger partial charge in [-0.25, -0.2) is 14.4 Å². The fraction of sp³-hybridized carbons (Fsp3) is 0.643. The van der Waals surface area contributed by atoms with Crippen molar-refractivity contribution in [3.8, 4) is 11.4 Å². The van der Waals surface area contributed by atoms with Crippen LogP contribution in [0.1, 0.15) is 114 Å². The Morgan fingerprint density at radius 2 is 1.52 bits per heavy atom. The Balaban J connectivity index is 1.48. The summed E-state index contributed by atoms with van der Waals surface area (Å²) in [6.45, 7) is 4.45. The second kappa shape index (κ2) is 12.9. The van der Waals surface area contributed by atoms with Gasteiger partial charge in [-0.2, -0.15) is 0 Å². The number of hydrogen-bond donors (Lipinski definition) is 0. The van der Waals surface area contributed by atoms with Gasteiger partial charge in [-0.05, 0) is 67.6 Å². The quantitative estimate of drug-likeness (QED) is 0.319. The second-order valence-corrected chi connectivity index (χ2v) is 9.53. The molecule has 0 N–H and O–H groups in total. The SMILES string of the molecule is CCCCCCCCC1CCC(c2ccc(-c3ncc(CCCC)cn3)cc2F)CC1. The van der Waals surface area contributed by atoms with Gasteiger partial charge in [-0.3, -0.25) is 0 Å². The molecule has 1 aromatic carbocycles. The van der Waals surface area contributed by atoms with E-state index >= 15 is 0 Å². The monoisotopic (exact) mass is 424 g/mol. The Morgan fingerprint density at radius 1 is 0.839 bits per heavy atom. The van der Waals surface area contributed by atoms with Gasteiger partial charge in [0.25, 0.3) is 0 Å². The highest BCUT2D eigenvalue weighted by atomic mass is 19.1. The van der Waals surface area contributed by atoms with E-state index in [1.165, 1.54) is 57.8 Å². The van der Waals surface area contributed by atoms with E-state index < -0.39 is 0 Å². The topological polar surface area (TPSA) is 25.8 Å². The summed E-state index contributed by atoms with van der Waals surface area (Å²) in [5.41, 5.74) is 2.82. The van der Waals surface area contributed by atoms with E-state index in [1.807, 2.05) is 24.5 Å². The fourth-order valence-corrected chi connectivity index (χ4v) is 4.99. The molecule has 0 spiro atoms. The molecule has 0 radical (unpaired) electrons. The van der Waals surface area contributed by atoms with Gasteiger partial charge >= 0.3 is 0 Å². The normalized spacial score (nSPS) is 18.9. The van der Waals surface area contributed by atoms with E-state index in [0.29, 0.717) is 11.7 Å². The average Bonchev–Trinajstić information content (AvgIpc) is 2.81. The number of aromatic nitrogens is 2. The molecule has 1 fully saturated rings. The maximum atomic E-state index is 15.0. The third-order valence-corrected chi connectivity index (χ3v) is 7.04. The summed E-state index contributed by atoms with van der Waals surface area (Å²) >= 11 is 0. The number of unbranched alkanes of at least 4 members (excludes halogenated alkanes) is 6. The number of nitrogens with zero attached hydrogens (tertiary/aromatic N) is 2. The lowest BCUT2D eigenvalue weighted by Crippen LogP contribution is -2.14. The molecule has 170 valence electrons. The molecule has 0 amide bonds. The van der Waals surface area contributed by atoms with Crippen molar-refractivity contribution in [1.82, 2.24) is 9.97 Å². The van der Waals surface area contributed by atoms with Crippen LogP contribution in [0.2, 0.25) is 0 Å². The molecule has 1 heterocycles. The highest BCUT2D eigenvalue weighted by Crippen LogP contribution is 2.39. The minimum atomic E-state index is -0.0875. The van der Waals surface area contributed by atoms with Crippen LogP contribution in [0.15, 0.2) is 30.6 Å². The lowest BCUT2D eigenvalue weighted by atomic mass is 9.76. The summed E-state index contributed by atoms with van der Waals surface area (Å²) in [7, 11) is 0. The Bertz CT molecular complexity index is 763. The van der Waals surface area contributed by atoms with Gasteiger partial charge in [0.2, 0.25) is 0 Å². The van der Waals surface area contributed by atoms with Crippen molar-refractivity contribution >= 4 is 0 Å². The average molecular weight is 425 g/mol. The molecule has 1 aliphatic carbocycles. The molecule has 0 atom stereocenters. The van der Waals surface area contributed by atoms with Crippen LogP contribution in [0.3, 0.4) is 0 Å². The van der Waals surface area contributed by atoms with Crippen LogP contribution in [-0.4, -0.2) is 9.97 Å². The van der Waals surface area contributed by atoms with Gasteiger partial charge in [0.15, 0.2) is 5.82 Å². The van der Waals surface area contributed by atoms with Crippen LogP contribution < -0.4 is 0 Å². The highest BCUT2D eigenvalue weighted by molar-refractivity contribution is 5.55. The molecule has 3 rings (SSSR count). The molecular formula is C28H41FN2. The second-order valence-electron chi connectivity index (χ2n) is 9.53. The first-order valence-electron chi connectivity index (χ1n) is 12.8. The number of rotatable bonds is 12. The van der Waals surface area contributed by atoms with Gasteiger partial charge in [-0.15, -0.1) is 0 Å². The minimum absolute atomic E-state index is 0.0875. The maximum Gasteiger partial charge on any atom is 0.159 e. The molecule has 2 nitrogen and oxygen atoms in total. The zero-order valence-electron chi connectivity index (χ0n) is 19.7. The molecule has 0 unspecified atom stereocenters. The largest absolute Gasteiger partial charge is 0.236 e.